The van der Waals surface area contributed by atoms with E-state index in [2.05, 4.69) is 6.08 Å². The number of ether oxygens (including phenoxy) is 2. The Bertz CT molecular complexity index is 241. The van der Waals surface area contributed by atoms with Gasteiger partial charge in [0, 0.05) is 5.92 Å². The first-order chi connectivity index (χ1) is 7.36. The first-order valence-electron chi connectivity index (χ1n) is 5.61. The van der Waals surface area contributed by atoms with Gasteiger partial charge >= 0.3 is 0 Å². The average Bonchev–Trinajstić information content (AvgIpc) is 2.67. The molecule has 0 aromatic rings. The fraction of sp³-hybridized carbons (Fsp3) is 0.667. The van der Waals surface area contributed by atoms with Crippen molar-refractivity contribution in [2.24, 2.45) is 5.92 Å². The van der Waals surface area contributed by atoms with Crippen LogP contribution >= 0.6 is 0 Å². The molecule has 0 aromatic carbocycles. The van der Waals surface area contributed by atoms with E-state index in [1.54, 1.807) is 0 Å². The minimum atomic E-state index is -0.263. The summed E-state index contributed by atoms with van der Waals surface area (Å²) in [5.74, 6) is 0.229. The number of aliphatic hydroxyl groups is 1. The molecule has 15 heavy (non-hydrogen) atoms. The standard InChI is InChI=1S/C12H18O3/c13-11-5-3-1-2-4-10(11)6-7-12-14-8-9-15-12/h1-4,10-13H,5-9H2. The van der Waals surface area contributed by atoms with E-state index in [1.807, 2.05) is 18.2 Å². The summed E-state index contributed by atoms with van der Waals surface area (Å²) in [5, 5.41) is 9.84. The van der Waals surface area contributed by atoms with Gasteiger partial charge in [0.25, 0.3) is 0 Å². The fourth-order valence-electron chi connectivity index (χ4n) is 2.00. The van der Waals surface area contributed by atoms with Crippen molar-refractivity contribution in [3.05, 3.63) is 24.3 Å². The van der Waals surface area contributed by atoms with E-state index in [0.717, 1.165) is 19.3 Å². The third-order valence-corrected chi connectivity index (χ3v) is 2.90. The van der Waals surface area contributed by atoms with Gasteiger partial charge in [-0.25, -0.2) is 0 Å². The smallest absolute Gasteiger partial charge is 0.157 e. The zero-order valence-corrected chi connectivity index (χ0v) is 8.84. The van der Waals surface area contributed by atoms with Crippen LogP contribution in [0.4, 0.5) is 0 Å². The van der Waals surface area contributed by atoms with Gasteiger partial charge in [0.05, 0.1) is 19.3 Å². The van der Waals surface area contributed by atoms with Crippen LogP contribution in [0.15, 0.2) is 24.3 Å². The number of allylic oxidation sites excluding steroid dienone is 2. The highest BCUT2D eigenvalue weighted by Gasteiger charge is 2.21. The van der Waals surface area contributed by atoms with E-state index in [1.165, 1.54) is 0 Å². The topological polar surface area (TPSA) is 38.7 Å². The van der Waals surface area contributed by atoms with Crippen molar-refractivity contribution in [3.8, 4) is 0 Å². The average molecular weight is 210 g/mol. The second-order valence-corrected chi connectivity index (χ2v) is 4.03. The number of aliphatic hydroxyl groups excluding tert-OH is 1. The first kappa shape index (κ1) is 10.9. The van der Waals surface area contributed by atoms with Gasteiger partial charge in [0.1, 0.15) is 0 Å². The van der Waals surface area contributed by atoms with Gasteiger partial charge in [0.15, 0.2) is 6.29 Å². The lowest BCUT2D eigenvalue weighted by molar-refractivity contribution is -0.0518. The maximum atomic E-state index is 9.84. The molecule has 0 aromatic heterocycles. The maximum absolute atomic E-state index is 9.84. The number of hydrogen-bond acceptors (Lipinski definition) is 3. The van der Waals surface area contributed by atoms with Crippen LogP contribution in [-0.2, 0) is 9.47 Å². The Morgan fingerprint density at radius 1 is 1.13 bits per heavy atom. The summed E-state index contributed by atoms with van der Waals surface area (Å²) in [6.45, 7) is 1.41. The Morgan fingerprint density at radius 2 is 1.93 bits per heavy atom. The third kappa shape index (κ3) is 3.16. The Labute approximate surface area is 90.4 Å². The summed E-state index contributed by atoms with van der Waals surface area (Å²) >= 11 is 0. The lowest BCUT2D eigenvalue weighted by atomic mass is 9.95. The van der Waals surface area contributed by atoms with Crippen molar-refractivity contribution in [1.82, 2.24) is 0 Å². The fourth-order valence-corrected chi connectivity index (χ4v) is 2.00. The highest BCUT2D eigenvalue weighted by atomic mass is 16.7. The largest absolute Gasteiger partial charge is 0.392 e. The highest BCUT2D eigenvalue weighted by molar-refractivity contribution is 5.09. The molecule has 2 unspecified atom stereocenters. The minimum absolute atomic E-state index is 0.0539. The molecular weight excluding hydrogens is 192 g/mol. The number of rotatable bonds is 3. The summed E-state index contributed by atoms with van der Waals surface area (Å²) in [6.07, 6.45) is 10.3. The molecule has 0 bridgehead atoms. The SMILES string of the molecule is OC1CC=CC=CC1CCC1OCCO1. The van der Waals surface area contributed by atoms with Crippen molar-refractivity contribution >= 4 is 0 Å². The minimum Gasteiger partial charge on any atom is -0.392 e. The normalized spacial score (nSPS) is 32.1. The van der Waals surface area contributed by atoms with Gasteiger partial charge in [-0.3, -0.25) is 0 Å². The first-order valence-corrected chi connectivity index (χ1v) is 5.61. The van der Waals surface area contributed by atoms with Crippen molar-refractivity contribution in [2.45, 2.75) is 31.7 Å². The van der Waals surface area contributed by atoms with Crippen LogP contribution in [0.5, 0.6) is 0 Å². The molecular formula is C12H18O3. The van der Waals surface area contributed by atoms with Gasteiger partial charge in [-0.1, -0.05) is 24.3 Å². The van der Waals surface area contributed by atoms with Gasteiger partial charge in [-0.2, -0.15) is 0 Å². The monoisotopic (exact) mass is 210 g/mol. The van der Waals surface area contributed by atoms with Crippen molar-refractivity contribution < 1.29 is 14.6 Å². The Balaban J connectivity index is 1.77. The van der Waals surface area contributed by atoms with E-state index in [9.17, 15) is 5.11 Å². The van der Waals surface area contributed by atoms with E-state index < -0.39 is 0 Å². The molecule has 1 saturated heterocycles. The predicted molar refractivity (Wildman–Crippen MR) is 57.3 cm³/mol. The molecule has 3 heteroatoms. The molecule has 1 N–H and O–H groups in total. The van der Waals surface area contributed by atoms with Crippen molar-refractivity contribution in [3.63, 3.8) is 0 Å². The molecule has 0 spiro atoms. The molecule has 1 fully saturated rings. The zero-order chi connectivity index (χ0) is 10.5. The van der Waals surface area contributed by atoms with Crippen molar-refractivity contribution in [2.75, 3.05) is 13.2 Å². The van der Waals surface area contributed by atoms with Crippen LogP contribution in [0.2, 0.25) is 0 Å². The summed E-state index contributed by atoms with van der Waals surface area (Å²) < 4.78 is 10.7. The number of hydrogen-bond donors (Lipinski definition) is 1. The van der Waals surface area contributed by atoms with E-state index in [0.29, 0.717) is 13.2 Å². The predicted octanol–water partition coefficient (Wildman–Crippen LogP) is 1.63. The quantitative estimate of drug-likeness (QED) is 0.769. The highest BCUT2D eigenvalue weighted by Crippen LogP contribution is 2.22. The second-order valence-electron chi connectivity index (χ2n) is 4.03. The summed E-state index contributed by atoms with van der Waals surface area (Å²) in [7, 11) is 0. The lowest BCUT2D eigenvalue weighted by Crippen LogP contribution is -2.19. The van der Waals surface area contributed by atoms with Crippen LogP contribution in [0, 0.1) is 5.92 Å². The molecule has 1 aliphatic carbocycles. The Kier molecular flexibility index (Phi) is 3.94. The summed E-state index contributed by atoms with van der Waals surface area (Å²) in [5.41, 5.74) is 0. The van der Waals surface area contributed by atoms with Crippen LogP contribution in [0.25, 0.3) is 0 Å². The van der Waals surface area contributed by atoms with Gasteiger partial charge < -0.3 is 14.6 Å². The van der Waals surface area contributed by atoms with Crippen LogP contribution in [0.3, 0.4) is 0 Å². The molecule has 2 rings (SSSR count). The summed E-state index contributed by atoms with van der Waals surface area (Å²) in [6, 6.07) is 0. The van der Waals surface area contributed by atoms with Crippen LogP contribution in [-0.4, -0.2) is 30.7 Å². The molecule has 84 valence electrons. The molecule has 2 atom stereocenters. The van der Waals surface area contributed by atoms with Crippen molar-refractivity contribution in [1.29, 1.82) is 0 Å². The molecule has 1 heterocycles. The van der Waals surface area contributed by atoms with Gasteiger partial charge in [0.2, 0.25) is 0 Å². The molecule has 2 aliphatic rings. The molecule has 1 aliphatic heterocycles. The van der Waals surface area contributed by atoms with Crippen LogP contribution < -0.4 is 0 Å². The lowest BCUT2D eigenvalue weighted by Gasteiger charge is -2.19. The van der Waals surface area contributed by atoms with E-state index in [-0.39, 0.29) is 18.3 Å². The van der Waals surface area contributed by atoms with E-state index in [4.69, 9.17) is 9.47 Å². The Hall–Kier alpha value is -0.640. The van der Waals surface area contributed by atoms with Crippen LogP contribution in [0.1, 0.15) is 19.3 Å². The maximum Gasteiger partial charge on any atom is 0.157 e. The molecule has 3 nitrogen and oxygen atoms in total. The van der Waals surface area contributed by atoms with Gasteiger partial charge in [-0.05, 0) is 19.3 Å². The zero-order valence-electron chi connectivity index (χ0n) is 8.84. The molecule has 0 saturated carbocycles. The third-order valence-electron chi connectivity index (χ3n) is 2.90. The molecule has 0 radical (unpaired) electrons. The second kappa shape index (κ2) is 5.45. The van der Waals surface area contributed by atoms with Gasteiger partial charge in [-0.15, -0.1) is 0 Å². The summed E-state index contributed by atoms with van der Waals surface area (Å²) in [4.78, 5) is 0. The Morgan fingerprint density at radius 3 is 2.73 bits per heavy atom. The molecule has 0 amide bonds. The van der Waals surface area contributed by atoms with E-state index >= 15 is 0 Å².